The molecule has 2 aromatic rings. The average Bonchev–Trinajstić information content (AvgIpc) is 2.86. The van der Waals surface area contributed by atoms with Crippen molar-refractivity contribution in [2.24, 2.45) is 0 Å². The number of methoxy groups -OCH3 is 1. The maximum atomic E-state index is 13.5. The van der Waals surface area contributed by atoms with Crippen LogP contribution < -0.4 is 4.74 Å². The van der Waals surface area contributed by atoms with E-state index < -0.39 is 0 Å². The highest BCUT2D eigenvalue weighted by Crippen LogP contribution is 2.46. The lowest BCUT2D eigenvalue weighted by atomic mass is 9.85. The summed E-state index contributed by atoms with van der Waals surface area (Å²) in [5.41, 5.74) is 1.52. The Kier molecular flexibility index (Phi) is 3.85. The molecule has 4 saturated heterocycles. The van der Waals surface area contributed by atoms with Gasteiger partial charge in [-0.15, -0.1) is 0 Å². The number of aromatic amines is 1. The van der Waals surface area contributed by atoms with Crippen molar-refractivity contribution < 1.29 is 19.1 Å². The van der Waals surface area contributed by atoms with E-state index in [-0.39, 0.29) is 23.8 Å². The van der Waals surface area contributed by atoms with E-state index in [1.54, 1.807) is 19.2 Å². The molecule has 27 heavy (non-hydrogen) atoms. The predicted octanol–water partition coefficient (Wildman–Crippen LogP) is 1.32. The summed E-state index contributed by atoms with van der Waals surface area (Å²) in [5, 5.41) is 12.2. The van der Waals surface area contributed by atoms with Crippen molar-refractivity contribution in [2.75, 3.05) is 26.7 Å². The van der Waals surface area contributed by atoms with Crippen LogP contribution in [0.25, 0.3) is 11.0 Å². The zero-order chi connectivity index (χ0) is 18.6. The van der Waals surface area contributed by atoms with Crippen LogP contribution >= 0.6 is 0 Å². The Balaban J connectivity index is 1.52. The van der Waals surface area contributed by atoms with Crippen molar-refractivity contribution in [1.82, 2.24) is 25.4 Å². The van der Waals surface area contributed by atoms with E-state index in [1.165, 1.54) is 5.06 Å². The molecule has 5 heterocycles. The molecule has 1 spiro atoms. The summed E-state index contributed by atoms with van der Waals surface area (Å²) in [4.78, 5) is 21.8. The predicted molar refractivity (Wildman–Crippen MR) is 95.1 cm³/mol. The maximum Gasteiger partial charge on any atom is 0.281 e. The largest absolute Gasteiger partial charge is 0.496 e. The van der Waals surface area contributed by atoms with Gasteiger partial charge in [-0.25, -0.2) is 9.90 Å². The lowest BCUT2D eigenvalue weighted by Crippen LogP contribution is -2.51. The van der Waals surface area contributed by atoms with E-state index in [9.17, 15) is 4.79 Å². The number of hydroxylamine groups is 2. The van der Waals surface area contributed by atoms with Crippen molar-refractivity contribution in [3.63, 3.8) is 0 Å². The van der Waals surface area contributed by atoms with Crippen molar-refractivity contribution in [3.8, 4) is 5.75 Å². The van der Waals surface area contributed by atoms with Gasteiger partial charge in [0.05, 0.1) is 24.3 Å². The topological polar surface area (TPSA) is 92.8 Å². The number of H-pyrrole nitrogens is 1. The van der Waals surface area contributed by atoms with Crippen LogP contribution in [-0.2, 0) is 9.57 Å². The molecule has 4 aliphatic rings. The number of nitrogens with zero attached hydrogens (tertiary/aromatic N) is 4. The first-order chi connectivity index (χ1) is 13.1. The van der Waals surface area contributed by atoms with Crippen molar-refractivity contribution in [1.29, 1.82) is 0 Å². The molecule has 1 amide bonds. The fraction of sp³-hybridized carbons (Fsp3) is 0.611. The molecule has 4 fully saturated rings. The number of amides is 1. The first kappa shape index (κ1) is 16.9. The van der Waals surface area contributed by atoms with Gasteiger partial charge in [0.15, 0.2) is 6.29 Å². The minimum absolute atomic E-state index is 0.0647. The molecule has 0 saturated carbocycles. The Labute approximate surface area is 156 Å². The van der Waals surface area contributed by atoms with Gasteiger partial charge in [-0.2, -0.15) is 15.4 Å². The molecule has 9 nitrogen and oxygen atoms in total. The highest BCUT2D eigenvalue weighted by Gasteiger charge is 2.55. The molecule has 3 unspecified atom stereocenters. The van der Waals surface area contributed by atoms with Crippen LogP contribution in [0, 0.1) is 0 Å². The third-order valence-corrected chi connectivity index (χ3v) is 5.96. The van der Waals surface area contributed by atoms with E-state index in [1.807, 2.05) is 0 Å². The number of nitrogens with one attached hydrogen (secondary N) is 1. The van der Waals surface area contributed by atoms with Crippen LogP contribution in [0.3, 0.4) is 0 Å². The van der Waals surface area contributed by atoms with E-state index in [4.69, 9.17) is 14.3 Å². The van der Waals surface area contributed by atoms with Crippen LogP contribution in [0.5, 0.6) is 5.75 Å². The Bertz CT molecular complexity index is 878. The number of ether oxygens (including phenoxy) is 2. The first-order valence-corrected chi connectivity index (χ1v) is 9.40. The van der Waals surface area contributed by atoms with Gasteiger partial charge in [-0.05, 0) is 19.0 Å². The lowest BCUT2D eigenvalue weighted by Gasteiger charge is -2.44. The fourth-order valence-corrected chi connectivity index (χ4v) is 4.47. The van der Waals surface area contributed by atoms with Gasteiger partial charge in [0.1, 0.15) is 16.8 Å². The molecule has 6 rings (SSSR count). The summed E-state index contributed by atoms with van der Waals surface area (Å²) < 4.78 is 11.5. The number of likely N-dealkylation sites (N-methyl/N-ethyl adjacent to an activating group) is 1. The van der Waals surface area contributed by atoms with Gasteiger partial charge < -0.3 is 14.4 Å². The van der Waals surface area contributed by atoms with Crippen LogP contribution in [-0.4, -0.2) is 76.0 Å². The Morgan fingerprint density at radius 3 is 2.89 bits per heavy atom. The van der Waals surface area contributed by atoms with Gasteiger partial charge in [-0.1, -0.05) is 6.92 Å². The monoisotopic (exact) mass is 373 g/mol. The summed E-state index contributed by atoms with van der Waals surface area (Å²) in [6.45, 7) is 4.83. The molecule has 1 N–H and O–H groups in total. The fourth-order valence-electron chi connectivity index (χ4n) is 4.47. The third kappa shape index (κ3) is 2.69. The molecular weight excluding hydrogens is 350 g/mol. The van der Waals surface area contributed by atoms with Gasteiger partial charge >= 0.3 is 0 Å². The minimum atomic E-state index is -0.353. The smallest absolute Gasteiger partial charge is 0.281 e. The van der Waals surface area contributed by atoms with Gasteiger partial charge in [0.25, 0.3) is 5.91 Å². The van der Waals surface area contributed by atoms with Crippen LogP contribution in [0.2, 0.25) is 0 Å². The molecule has 3 bridgehead atoms. The number of rotatable bonds is 3. The number of carbonyl (C=O) groups excluding carboxylic acids is 1. The summed E-state index contributed by atoms with van der Waals surface area (Å²) in [6, 6.07) is 3.35. The molecule has 1 aromatic carbocycles. The molecule has 9 heteroatoms. The molecule has 3 atom stereocenters. The zero-order valence-electron chi connectivity index (χ0n) is 15.5. The van der Waals surface area contributed by atoms with E-state index in [2.05, 4.69) is 27.2 Å². The SMILES string of the molecule is CCN1CCC23CC(ON(C(=O)c4cc5n[nH]nc5cc4OC)C(C1)C2)O3. The average molecular weight is 373 g/mol. The molecular formula is C18H23N5O4. The first-order valence-electron chi connectivity index (χ1n) is 9.40. The minimum Gasteiger partial charge on any atom is -0.496 e. The molecule has 1 aromatic heterocycles. The zero-order valence-corrected chi connectivity index (χ0v) is 15.5. The summed E-state index contributed by atoms with van der Waals surface area (Å²) >= 11 is 0. The second kappa shape index (κ2) is 6.15. The number of fused-ring (bicyclic) bond motifs is 2. The third-order valence-electron chi connectivity index (χ3n) is 5.96. The standard InChI is InChI=1S/C18H23N5O4/c1-3-22-5-4-18-8-11(10-22)23(27-16(9-18)26-18)17(24)12-6-13-14(20-21-19-13)7-15(12)25-2/h6-7,11,16H,3-5,8-10H2,1-2H3,(H,19,20,21). The number of benzene rings is 1. The molecule has 0 radical (unpaired) electrons. The summed E-state index contributed by atoms with van der Waals surface area (Å²) in [7, 11) is 1.54. The highest BCUT2D eigenvalue weighted by atomic mass is 16.8. The number of likely N-dealkylation sites (tertiary alicyclic amines) is 1. The Morgan fingerprint density at radius 2 is 2.15 bits per heavy atom. The van der Waals surface area contributed by atoms with Crippen molar-refractivity contribution in [2.45, 2.75) is 44.1 Å². The Hall–Kier alpha value is -2.23. The van der Waals surface area contributed by atoms with Gasteiger partial charge in [0, 0.05) is 32.0 Å². The highest BCUT2D eigenvalue weighted by molar-refractivity contribution is 6.00. The van der Waals surface area contributed by atoms with Crippen LogP contribution in [0.15, 0.2) is 12.1 Å². The normalized spacial score (nSPS) is 30.5. The Morgan fingerprint density at radius 1 is 1.37 bits per heavy atom. The maximum absolute atomic E-state index is 13.5. The molecule has 4 aliphatic heterocycles. The van der Waals surface area contributed by atoms with E-state index >= 15 is 0 Å². The summed E-state index contributed by atoms with van der Waals surface area (Å²) in [5.74, 6) is 0.226. The van der Waals surface area contributed by atoms with Crippen LogP contribution in [0.4, 0.5) is 0 Å². The number of aromatic nitrogens is 3. The quantitative estimate of drug-likeness (QED) is 0.867. The van der Waals surface area contributed by atoms with Crippen molar-refractivity contribution >= 4 is 16.9 Å². The van der Waals surface area contributed by atoms with Gasteiger partial charge in [0.2, 0.25) is 0 Å². The van der Waals surface area contributed by atoms with E-state index in [0.29, 0.717) is 22.3 Å². The number of hydrogen-bond acceptors (Lipinski definition) is 7. The van der Waals surface area contributed by atoms with Crippen LogP contribution in [0.1, 0.15) is 36.5 Å². The van der Waals surface area contributed by atoms with E-state index in [0.717, 1.165) is 38.9 Å². The van der Waals surface area contributed by atoms with Gasteiger partial charge in [-0.3, -0.25) is 4.79 Å². The second-order valence-electron chi connectivity index (χ2n) is 7.54. The number of carbonyl (C=O) groups is 1. The van der Waals surface area contributed by atoms with Crippen molar-refractivity contribution in [3.05, 3.63) is 17.7 Å². The second-order valence-corrected chi connectivity index (χ2v) is 7.54. The molecule has 0 aliphatic carbocycles. The number of hydrogen-bond donors (Lipinski definition) is 1. The summed E-state index contributed by atoms with van der Waals surface area (Å²) in [6.07, 6.45) is 2.26. The lowest BCUT2D eigenvalue weighted by molar-refractivity contribution is -0.344. The molecule has 144 valence electrons.